The second-order valence-corrected chi connectivity index (χ2v) is 3.54. The van der Waals surface area contributed by atoms with Gasteiger partial charge in [-0.2, -0.15) is 11.8 Å². The normalized spacial score (nSPS) is 9.00. The molecular formula is C8H19NaS. The average Bonchev–Trinajstić information content (AvgIpc) is 1.89. The third-order valence-corrected chi connectivity index (χ3v) is 2.44. The van der Waals surface area contributed by atoms with Crippen LogP contribution >= 0.6 is 11.8 Å². The molecule has 0 aromatic heterocycles. The molecule has 0 aliphatic carbocycles. The number of unbranched alkanes of at least 4 members (excludes halogenated alkanes) is 2. The zero-order valence-electron chi connectivity index (χ0n) is 8.65. The van der Waals surface area contributed by atoms with Crippen molar-refractivity contribution in [2.45, 2.75) is 39.5 Å². The molecule has 0 saturated heterocycles. The monoisotopic (exact) mass is 170 g/mol. The van der Waals surface area contributed by atoms with Crippen molar-refractivity contribution in [3.63, 3.8) is 0 Å². The molecule has 0 atom stereocenters. The minimum atomic E-state index is 0. The van der Waals surface area contributed by atoms with Crippen LogP contribution in [0.4, 0.5) is 0 Å². The molecule has 0 saturated carbocycles. The minimum Gasteiger partial charge on any atom is -1.00 e. The molecule has 0 rings (SSSR count). The molecule has 0 nitrogen and oxygen atoms in total. The number of thioether (sulfide) groups is 1. The van der Waals surface area contributed by atoms with E-state index in [0.717, 1.165) is 0 Å². The van der Waals surface area contributed by atoms with Gasteiger partial charge in [0.25, 0.3) is 0 Å². The summed E-state index contributed by atoms with van der Waals surface area (Å²) in [5.41, 5.74) is 0. The van der Waals surface area contributed by atoms with Gasteiger partial charge in [-0.15, -0.1) is 0 Å². The van der Waals surface area contributed by atoms with Crippen molar-refractivity contribution in [2.75, 3.05) is 11.5 Å². The summed E-state index contributed by atoms with van der Waals surface area (Å²) in [6.45, 7) is 4.50. The Balaban J connectivity index is -0.000000320. The molecule has 10 heavy (non-hydrogen) atoms. The second-order valence-electron chi connectivity index (χ2n) is 2.32. The van der Waals surface area contributed by atoms with E-state index < -0.39 is 0 Å². The Kier molecular flexibility index (Phi) is 18.0. The van der Waals surface area contributed by atoms with Crippen LogP contribution in [0.25, 0.3) is 0 Å². The first-order valence-electron chi connectivity index (χ1n) is 3.99. The van der Waals surface area contributed by atoms with E-state index in [0.29, 0.717) is 0 Å². The van der Waals surface area contributed by atoms with Gasteiger partial charge in [0.1, 0.15) is 0 Å². The van der Waals surface area contributed by atoms with E-state index in [1.54, 1.807) is 0 Å². The van der Waals surface area contributed by atoms with Gasteiger partial charge < -0.3 is 1.43 Å². The quantitative estimate of drug-likeness (QED) is 0.412. The zero-order valence-corrected chi connectivity index (χ0v) is 10.5. The Morgan fingerprint density at radius 1 is 1.00 bits per heavy atom. The van der Waals surface area contributed by atoms with Gasteiger partial charge in [-0.1, -0.05) is 26.7 Å². The second kappa shape index (κ2) is 13.0. The minimum absolute atomic E-state index is 0. The van der Waals surface area contributed by atoms with Crippen molar-refractivity contribution in [1.82, 2.24) is 0 Å². The Morgan fingerprint density at radius 2 is 1.40 bits per heavy atom. The van der Waals surface area contributed by atoms with E-state index in [-0.39, 0.29) is 31.0 Å². The molecule has 0 aliphatic heterocycles. The largest absolute Gasteiger partial charge is 1.00 e. The molecule has 0 fully saturated rings. The van der Waals surface area contributed by atoms with Gasteiger partial charge in [-0.05, 0) is 24.3 Å². The molecule has 0 bridgehead atoms. The summed E-state index contributed by atoms with van der Waals surface area (Å²) in [6, 6.07) is 0. The average molecular weight is 170 g/mol. The first-order valence-corrected chi connectivity index (χ1v) is 5.15. The number of rotatable bonds is 6. The predicted molar refractivity (Wildman–Crippen MR) is 48.3 cm³/mol. The smallest absolute Gasteiger partial charge is 1.00 e. The zero-order chi connectivity index (χ0) is 6.95. The summed E-state index contributed by atoms with van der Waals surface area (Å²) < 4.78 is 0. The molecule has 0 amide bonds. The molecule has 58 valence electrons. The van der Waals surface area contributed by atoms with Crippen LogP contribution in [-0.2, 0) is 0 Å². The van der Waals surface area contributed by atoms with Gasteiger partial charge in [0.05, 0.1) is 0 Å². The standard InChI is InChI=1S/C8H18S.Na.H/c1-3-5-7-9-8-6-4-2;;/h3-8H2,1-2H3;;/q;+1;-1. The van der Waals surface area contributed by atoms with Gasteiger partial charge in [0.2, 0.25) is 0 Å². The maximum Gasteiger partial charge on any atom is 1.00 e. The molecular weight excluding hydrogens is 151 g/mol. The molecule has 0 aliphatic rings. The van der Waals surface area contributed by atoms with Crippen molar-refractivity contribution in [1.29, 1.82) is 0 Å². The summed E-state index contributed by atoms with van der Waals surface area (Å²) in [5, 5.41) is 0. The molecule has 0 N–H and O–H groups in total. The van der Waals surface area contributed by atoms with Crippen LogP contribution in [0, 0.1) is 0 Å². The van der Waals surface area contributed by atoms with Crippen LogP contribution in [-0.4, -0.2) is 11.5 Å². The Morgan fingerprint density at radius 3 is 1.70 bits per heavy atom. The number of hydrogen-bond acceptors (Lipinski definition) is 1. The van der Waals surface area contributed by atoms with Crippen molar-refractivity contribution in [2.24, 2.45) is 0 Å². The Hall–Kier alpha value is 1.35. The van der Waals surface area contributed by atoms with E-state index >= 15 is 0 Å². The molecule has 0 aromatic rings. The van der Waals surface area contributed by atoms with E-state index in [9.17, 15) is 0 Å². The first-order chi connectivity index (χ1) is 4.41. The summed E-state index contributed by atoms with van der Waals surface area (Å²) in [7, 11) is 0. The van der Waals surface area contributed by atoms with Crippen LogP contribution < -0.4 is 29.6 Å². The van der Waals surface area contributed by atoms with E-state index in [2.05, 4.69) is 25.6 Å². The summed E-state index contributed by atoms with van der Waals surface area (Å²) >= 11 is 2.10. The maximum atomic E-state index is 2.25. The van der Waals surface area contributed by atoms with E-state index in [1.807, 2.05) is 0 Å². The molecule has 0 unspecified atom stereocenters. The summed E-state index contributed by atoms with van der Waals surface area (Å²) in [4.78, 5) is 0. The fraction of sp³-hybridized carbons (Fsp3) is 1.00. The maximum absolute atomic E-state index is 2.25. The molecule has 0 aromatic carbocycles. The van der Waals surface area contributed by atoms with Gasteiger partial charge in [0.15, 0.2) is 0 Å². The van der Waals surface area contributed by atoms with E-state index in [4.69, 9.17) is 0 Å². The van der Waals surface area contributed by atoms with Crippen LogP contribution in [0.5, 0.6) is 0 Å². The summed E-state index contributed by atoms with van der Waals surface area (Å²) in [5.74, 6) is 2.74. The van der Waals surface area contributed by atoms with Crippen molar-refractivity contribution in [3.05, 3.63) is 0 Å². The molecule has 0 radical (unpaired) electrons. The van der Waals surface area contributed by atoms with Crippen molar-refractivity contribution >= 4 is 11.8 Å². The Bertz CT molecular complexity index is 47.4. The molecule has 0 spiro atoms. The SMILES string of the molecule is CCCCSCCCC.[H-].[Na+]. The van der Waals surface area contributed by atoms with Gasteiger partial charge >= 0.3 is 29.6 Å². The third kappa shape index (κ3) is 12.1. The fourth-order valence-electron chi connectivity index (χ4n) is 0.595. The fourth-order valence-corrected chi connectivity index (χ4v) is 1.78. The topological polar surface area (TPSA) is 0 Å². The third-order valence-electron chi connectivity index (χ3n) is 1.28. The van der Waals surface area contributed by atoms with Gasteiger partial charge in [0, 0.05) is 0 Å². The number of hydrogen-bond donors (Lipinski definition) is 0. The Labute approximate surface area is 93.3 Å². The molecule has 2 heteroatoms. The molecule has 0 heterocycles. The van der Waals surface area contributed by atoms with Crippen LogP contribution in [0.2, 0.25) is 0 Å². The van der Waals surface area contributed by atoms with Crippen molar-refractivity contribution in [3.8, 4) is 0 Å². The van der Waals surface area contributed by atoms with Gasteiger partial charge in [-0.3, -0.25) is 0 Å². The predicted octanol–water partition coefficient (Wildman–Crippen LogP) is 0.436. The van der Waals surface area contributed by atoms with Gasteiger partial charge in [-0.25, -0.2) is 0 Å². The first kappa shape index (κ1) is 13.9. The summed E-state index contributed by atoms with van der Waals surface area (Å²) in [6.07, 6.45) is 5.49. The van der Waals surface area contributed by atoms with Crippen molar-refractivity contribution < 1.29 is 31.0 Å². The van der Waals surface area contributed by atoms with E-state index in [1.165, 1.54) is 37.2 Å². The van der Waals surface area contributed by atoms with Crippen LogP contribution in [0.1, 0.15) is 41.0 Å². The van der Waals surface area contributed by atoms with Crippen LogP contribution in [0.3, 0.4) is 0 Å². The van der Waals surface area contributed by atoms with Crippen LogP contribution in [0.15, 0.2) is 0 Å².